The van der Waals surface area contributed by atoms with Crippen molar-refractivity contribution in [3.8, 4) is 5.75 Å². The smallest absolute Gasteiger partial charge is 0.328 e. The summed E-state index contributed by atoms with van der Waals surface area (Å²) < 4.78 is 5.40. The fraction of sp³-hybridized carbons (Fsp3) is 0.241. The second kappa shape index (κ2) is 13.7. The third kappa shape index (κ3) is 7.99. The van der Waals surface area contributed by atoms with Crippen LogP contribution in [0.3, 0.4) is 0 Å². The van der Waals surface area contributed by atoms with Crippen LogP contribution in [0.5, 0.6) is 5.75 Å². The number of carboxylic acid groups (broad SMARTS) is 2. The SMILES string of the molecule is COc1ccccc1NCCCN1CC=C(c2cccc3ccccc23)CC1.O=C(O)C=CC(=O)O. The van der Waals surface area contributed by atoms with Crippen molar-refractivity contribution in [3.05, 3.63) is 90.5 Å². The van der Waals surface area contributed by atoms with Crippen LogP contribution < -0.4 is 10.1 Å². The van der Waals surface area contributed by atoms with Gasteiger partial charge in [-0.05, 0) is 46.9 Å². The molecular formula is C29H32N2O5. The molecule has 0 aliphatic carbocycles. The van der Waals surface area contributed by atoms with E-state index in [1.54, 1.807) is 7.11 Å². The monoisotopic (exact) mass is 488 g/mol. The minimum absolute atomic E-state index is 0.558. The molecule has 0 amide bonds. The zero-order chi connectivity index (χ0) is 25.8. The van der Waals surface area contributed by atoms with Crippen LogP contribution in [0.2, 0.25) is 0 Å². The predicted molar refractivity (Wildman–Crippen MR) is 143 cm³/mol. The predicted octanol–water partition coefficient (Wildman–Crippen LogP) is 5.15. The highest BCUT2D eigenvalue weighted by Crippen LogP contribution is 2.29. The van der Waals surface area contributed by atoms with Crippen molar-refractivity contribution < 1.29 is 24.5 Å². The van der Waals surface area contributed by atoms with Gasteiger partial charge in [0, 0.05) is 38.3 Å². The van der Waals surface area contributed by atoms with Crippen molar-refractivity contribution in [2.45, 2.75) is 12.8 Å². The van der Waals surface area contributed by atoms with E-state index >= 15 is 0 Å². The molecule has 3 aromatic carbocycles. The molecular weight excluding hydrogens is 456 g/mol. The van der Waals surface area contributed by atoms with Crippen LogP contribution in [0.4, 0.5) is 5.69 Å². The average Bonchev–Trinajstić information content (AvgIpc) is 2.90. The molecule has 4 rings (SSSR count). The number of rotatable bonds is 9. The Labute approximate surface area is 211 Å². The van der Waals surface area contributed by atoms with Gasteiger partial charge in [0.05, 0.1) is 12.8 Å². The highest BCUT2D eigenvalue weighted by atomic mass is 16.5. The number of benzene rings is 3. The molecule has 1 aliphatic heterocycles. The minimum atomic E-state index is -1.26. The molecule has 0 aromatic heterocycles. The summed E-state index contributed by atoms with van der Waals surface area (Å²) in [6, 6.07) is 23.4. The molecule has 3 N–H and O–H groups in total. The molecule has 0 spiro atoms. The summed E-state index contributed by atoms with van der Waals surface area (Å²) >= 11 is 0. The quantitative estimate of drug-likeness (QED) is 0.283. The van der Waals surface area contributed by atoms with E-state index in [0.717, 1.165) is 50.5 Å². The van der Waals surface area contributed by atoms with Crippen molar-refractivity contribution in [1.29, 1.82) is 0 Å². The van der Waals surface area contributed by atoms with Crippen molar-refractivity contribution >= 4 is 34.0 Å². The van der Waals surface area contributed by atoms with Gasteiger partial charge in [0.2, 0.25) is 0 Å². The fourth-order valence-electron chi connectivity index (χ4n) is 4.12. The van der Waals surface area contributed by atoms with Gasteiger partial charge in [-0.1, -0.05) is 60.7 Å². The Hall–Kier alpha value is -4.10. The average molecular weight is 489 g/mol. The Balaban J connectivity index is 0.000000392. The van der Waals surface area contributed by atoms with Crippen LogP contribution in [0, 0.1) is 0 Å². The molecule has 0 unspecified atom stereocenters. The molecule has 36 heavy (non-hydrogen) atoms. The maximum Gasteiger partial charge on any atom is 0.328 e. The van der Waals surface area contributed by atoms with Crippen molar-refractivity contribution in [2.24, 2.45) is 0 Å². The van der Waals surface area contributed by atoms with Crippen LogP contribution in [-0.2, 0) is 9.59 Å². The lowest BCUT2D eigenvalue weighted by Gasteiger charge is -2.27. The maximum absolute atomic E-state index is 9.55. The zero-order valence-corrected chi connectivity index (χ0v) is 20.4. The number of carbonyl (C=O) groups is 2. The first kappa shape index (κ1) is 26.5. The van der Waals surface area contributed by atoms with E-state index in [1.165, 1.54) is 21.9 Å². The Kier molecular flexibility index (Phi) is 10.1. The Morgan fingerprint density at radius 1 is 0.972 bits per heavy atom. The number of ether oxygens (including phenoxy) is 1. The van der Waals surface area contributed by atoms with Crippen LogP contribution in [-0.4, -0.2) is 60.3 Å². The summed E-state index contributed by atoms with van der Waals surface area (Å²) in [6.07, 6.45) is 5.77. The number of aliphatic carboxylic acids is 2. The lowest BCUT2D eigenvalue weighted by molar-refractivity contribution is -0.134. The van der Waals surface area contributed by atoms with Gasteiger partial charge < -0.3 is 20.3 Å². The first-order valence-electron chi connectivity index (χ1n) is 11.9. The molecule has 0 bridgehead atoms. The maximum atomic E-state index is 9.55. The summed E-state index contributed by atoms with van der Waals surface area (Å²) in [5, 5.41) is 21.8. The number of carboxylic acids is 2. The number of hydrogen-bond donors (Lipinski definition) is 3. The van der Waals surface area contributed by atoms with Crippen LogP contribution in [0.1, 0.15) is 18.4 Å². The lowest BCUT2D eigenvalue weighted by atomic mass is 9.94. The summed E-state index contributed by atoms with van der Waals surface area (Å²) in [5.41, 5.74) is 3.96. The number of methoxy groups -OCH3 is 1. The molecule has 0 saturated heterocycles. The van der Waals surface area contributed by atoms with Crippen molar-refractivity contribution in [3.63, 3.8) is 0 Å². The largest absolute Gasteiger partial charge is 0.495 e. The highest BCUT2D eigenvalue weighted by Gasteiger charge is 2.14. The van der Waals surface area contributed by atoms with Gasteiger partial charge in [-0.15, -0.1) is 0 Å². The fourth-order valence-corrected chi connectivity index (χ4v) is 4.12. The normalized spacial score (nSPS) is 13.5. The number of nitrogens with zero attached hydrogens (tertiary/aromatic N) is 1. The molecule has 7 nitrogen and oxygen atoms in total. The van der Waals surface area contributed by atoms with E-state index in [2.05, 4.69) is 64.8 Å². The molecule has 188 valence electrons. The Morgan fingerprint density at radius 2 is 1.67 bits per heavy atom. The van der Waals surface area contributed by atoms with Crippen LogP contribution >= 0.6 is 0 Å². The van der Waals surface area contributed by atoms with Gasteiger partial charge in [-0.25, -0.2) is 9.59 Å². The molecule has 1 aliphatic rings. The number of nitrogens with one attached hydrogen (secondary N) is 1. The summed E-state index contributed by atoms with van der Waals surface area (Å²) in [5.74, 6) is -1.61. The van der Waals surface area contributed by atoms with E-state index in [0.29, 0.717) is 12.2 Å². The van der Waals surface area contributed by atoms with Crippen molar-refractivity contribution in [2.75, 3.05) is 38.6 Å². The van der Waals surface area contributed by atoms with E-state index in [1.807, 2.05) is 18.2 Å². The number of hydrogen-bond acceptors (Lipinski definition) is 5. The van der Waals surface area contributed by atoms with Gasteiger partial charge in [0.25, 0.3) is 0 Å². The highest BCUT2D eigenvalue weighted by molar-refractivity contribution is 5.94. The van der Waals surface area contributed by atoms with Crippen LogP contribution in [0.15, 0.2) is 85.0 Å². The molecule has 0 atom stereocenters. The third-order valence-electron chi connectivity index (χ3n) is 5.87. The third-order valence-corrected chi connectivity index (χ3v) is 5.87. The summed E-state index contributed by atoms with van der Waals surface area (Å²) in [4.78, 5) is 21.6. The standard InChI is InChI=1S/C25H28N2O.C4H4O4/c1-28-25-13-5-4-12-24(25)26-16-7-17-27-18-14-21(15-19-27)23-11-6-9-20-8-2-3-10-22(20)23;5-3(6)1-2-4(7)8/h2-6,8-14,26H,7,15-19H2,1H3;1-2H,(H,5,6)(H,7,8). The number of anilines is 1. The van der Waals surface area contributed by atoms with E-state index in [4.69, 9.17) is 14.9 Å². The molecule has 0 radical (unpaired) electrons. The van der Waals surface area contributed by atoms with Gasteiger partial charge in [-0.3, -0.25) is 4.90 Å². The Bertz CT molecular complexity index is 1210. The first-order chi connectivity index (χ1) is 17.5. The molecule has 0 fully saturated rings. The second-order valence-corrected chi connectivity index (χ2v) is 8.30. The van der Waals surface area contributed by atoms with Gasteiger partial charge >= 0.3 is 11.9 Å². The molecule has 0 saturated carbocycles. The van der Waals surface area contributed by atoms with Gasteiger partial charge in [0.15, 0.2) is 0 Å². The van der Waals surface area contributed by atoms with E-state index in [9.17, 15) is 9.59 Å². The van der Waals surface area contributed by atoms with Crippen molar-refractivity contribution in [1.82, 2.24) is 4.90 Å². The number of fused-ring (bicyclic) bond motifs is 1. The van der Waals surface area contributed by atoms with E-state index in [-0.39, 0.29) is 0 Å². The minimum Gasteiger partial charge on any atom is -0.495 e. The lowest BCUT2D eigenvalue weighted by Crippen LogP contribution is -2.30. The van der Waals surface area contributed by atoms with Crippen LogP contribution in [0.25, 0.3) is 16.3 Å². The van der Waals surface area contributed by atoms with Gasteiger partial charge in [0.1, 0.15) is 5.75 Å². The van der Waals surface area contributed by atoms with E-state index < -0.39 is 11.9 Å². The Morgan fingerprint density at radius 3 is 2.36 bits per heavy atom. The number of para-hydroxylation sites is 2. The summed E-state index contributed by atoms with van der Waals surface area (Å²) in [7, 11) is 1.72. The summed E-state index contributed by atoms with van der Waals surface area (Å²) in [6.45, 7) is 4.23. The molecule has 1 heterocycles. The van der Waals surface area contributed by atoms with Gasteiger partial charge in [-0.2, -0.15) is 0 Å². The molecule has 3 aromatic rings. The first-order valence-corrected chi connectivity index (χ1v) is 11.9. The second-order valence-electron chi connectivity index (χ2n) is 8.30. The topological polar surface area (TPSA) is 99.1 Å². The zero-order valence-electron chi connectivity index (χ0n) is 20.4. The molecule has 7 heteroatoms.